The highest BCUT2D eigenvalue weighted by Gasteiger charge is 2.32. The predicted octanol–water partition coefficient (Wildman–Crippen LogP) is 0.332. The Bertz CT molecular complexity index is 1130. The maximum Gasteiger partial charge on any atom is 0.286 e. The van der Waals surface area contributed by atoms with Crippen molar-refractivity contribution in [2.75, 3.05) is 5.75 Å². The van der Waals surface area contributed by atoms with Crippen LogP contribution in [0.3, 0.4) is 0 Å². The first kappa shape index (κ1) is 25.2. The number of nitrogens with one attached hydrogen (secondary N) is 2. The molecule has 0 saturated heterocycles. The molecule has 0 radical (unpaired) electrons. The van der Waals surface area contributed by atoms with Crippen molar-refractivity contribution < 1.29 is 36.7 Å². The number of carbonyl (C=O) groups is 4. The SMILES string of the molecule is CC(C)(NC(=O)C[n+]1ccccc1)C(=O)Sc1ccccc1C(=O)NC(=O)CS(=O)(=O)O. The van der Waals surface area contributed by atoms with Crippen LogP contribution in [0.5, 0.6) is 0 Å². The van der Waals surface area contributed by atoms with Gasteiger partial charge >= 0.3 is 0 Å². The summed E-state index contributed by atoms with van der Waals surface area (Å²) in [5, 5.41) is 4.04. The molecule has 3 amide bonds. The molecule has 0 unspecified atom stereocenters. The summed E-state index contributed by atoms with van der Waals surface area (Å²) in [7, 11) is -4.60. The molecule has 3 N–H and O–H groups in total. The van der Waals surface area contributed by atoms with E-state index in [1.807, 2.05) is 11.4 Å². The average Bonchev–Trinajstić information content (AvgIpc) is 2.67. The molecule has 2 rings (SSSR count). The minimum atomic E-state index is -4.60. The highest BCUT2D eigenvalue weighted by molar-refractivity contribution is 8.14. The van der Waals surface area contributed by atoms with Crippen molar-refractivity contribution in [1.29, 1.82) is 0 Å². The molecule has 1 heterocycles. The van der Waals surface area contributed by atoms with Crippen LogP contribution in [0.25, 0.3) is 0 Å². The van der Waals surface area contributed by atoms with Gasteiger partial charge in [-0.1, -0.05) is 18.2 Å². The molecule has 1 aromatic heterocycles. The fourth-order valence-electron chi connectivity index (χ4n) is 2.51. The predicted molar refractivity (Wildman–Crippen MR) is 115 cm³/mol. The molecule has 32 heavy (non-hydrogen) atoms. The summed E-state index contributed by atoms with van der Waals surface area (Å²) < 4.78 is 31.9. The molecule has 170 valence electrons. The lowest BCUT2D eigenvalue weighted by atomic mass is 10.1. The van der Waals surface area contributed by atoms with Gasteiger partial charge in [-0.25, -0.2) is 0 Å². The Morgan fingerprint density at radius 2 is 1.62 bits per heavy atom. The summed E-state index contributed by atoms with van der Waals surface area (Å²) in [6.45, 7) is 3.06. The van der Waals surface area contributed by atoms with Crippen LogP contribution in [0, 0.1) is 0 Å². The topological polar surface area (TPSA) is 151 Å². The third-order valence-corrected chi connectivity index (χ3v) is 5.87. The van der Waals surface area contributed by atoms with E-state index in [1.54, 1.807) is 35.2 Å². The molecular formula is C20H22N3O7S2+. The second-order valence-electron chi connectivity index (χ2n) is 7.21. The van der Waals surface area contributed by atoms with E-state index in [9.17, 15) is 27.6 Å². The maximum atomic E-state index is 12.8. The lowest BCUT2D eigenvalue weighted by Gasteiger charge is -2.23. The minimum Gasteiger partial charge on any atom is -0.338 e. The number of imide groups is 1. The van der Waals surface area contributed by atoms with Gasteiger partial charge in [-0.15, -0.1) is 0 Å². The highest BCUT2D eigenvalue weighted by Crippen LogP contribution is 2.27. The number of hydrogen-bond acceptors (Lipinski definition) is 7. The molecule has 0 aliphatic carbocycles. The minimum absolute atomic E-state index is 0.0110. The first-order chi connectivity index (χ1) is 14.9. The summed E-state index contributed by atoms with van der Waals surface area (Å²) in [5.41, 5.74) is -1.32. The molecule has 10 nitrogen and oxygen atoms in total. The number of rotatable bonds is 8. The van der Waals surface area contributed by atoms with Crippen LogP contribution in [0.15, 0.2) is 59.8 Å². The van der Waals surface area contributed by atoms with Crippen molar-refractivity contribution in [1.82, 2.24) is 10.6 Å². The number of pyridine rings is 1. The number of hydrogen-bond donors (Lipinski definition) is 3. The fraction of sp³-hybridized carbons (Fsp3) is 0.250. The van der Waals surface area contributed by atoms with Crippen LogP contribution in [0.1, 0.15) is 24.2 Å². The van der Waals surface area contributed by atoms with Crippen LogP contribution in [-0.4, -0.2) is 47.1 Å². The second kappa shape index (κ2) is 10.5. The highest BCUT2D eigenvalue weighted by atomic mass is 32.2. The standard InChI is InChI=1S/C20H21N3O7S2/c1-20(2,22-16(24)12-23-10-6-3-7-11-23)19(27)31-15-9-5-4-8-14(15)18(26)21-17(25)13-32(28,29)30/h3-11H,12-13H2,1-2H3,(H2-,21,22,24,25,26,28,29,30)/p+1. The van der Waals surface area contributed by atoms with E-state index in [-0.39, 0.29) is 22.9 Å². The number of amides is 3. The molecule has 0 atom stereocenters. The zero-order valence-corrected chi connectivity index (χ0v) is 18.9. The third kappa shape index (κ3) is 7.87. The van der Waals surface area contributed by atoms with Crippen molar-refractivity contribution in [2.24, 2.45) is 0 Å². The van der Waals surface area contributed by atoms with Crippen molar-refractivity contribution in [3.8, 4) is 0 Å². The van der Waals surface area contributed by atoms with Gasteiger partial charge in [-0.05, 0) is 37.7 Å². The summed E-state index contributed by atoms with van der Waals surface area (Å²) in [6.07, 6.45) is 3.42. The molecule has 2 aromatic rings. The van der Waals surface area contributed by atoms with Crippen LogP contribution >= 0.6 is 11.8 Å². The second-order valence-corrected chi connectivity index (χ2v) is 9.68. The molecule has 0 fully saturated rings. The Morgan fingerprint density at radius 1 is 1.00 bits per heavy atom. The van der Waals surface area contributed by atoms with Crippen molar-refractivity contribution in [3.05, 3.63) is 60.4 Å². The fourth-order valence-corrected chi connectivity index (χ4v) is 3.84. The smallest absolute Gasteiger partial charge is 0.286 e. The van der Waals surface area contributed by atoms with Gasteiger partial charge in [0.2, 0.25) is 17.6 Å². The van der Waals surface area contributed by atoms with E-state index in [1.165, 1.54) is 32.0 Å². The van der Waals surface area contributed by atoms with E-state index >= 15 is 0 Å². The van der Waals surface area contributed by atoms with E-state index in [0.29, 0.717) is 11.8 Å². The van der Waals surface area contributed by atoms with Crippen LogP contribution in [0.4, 0.5) is 0 Å². The molecule has 0 aliphatic rings. The lowest BCUT2D eigenvalue weighted by molar-refractivity contribution is -0.684. The van der Waals surface area contributed by atoms with Gasteiger partial charge in [0.25, 0.3) is 21.9 Å². The van der Waals surface area contributed by atoms with Gasteiger partial charge in [0, 0.05) is 17.0 Å². The van der Waals surface area contributed by atoms with Crippen molar-refractivity contribution in [3.63, 3.8) is 0 Å². The summed E-state index contributed by atoms with van der Waals surface area (Å²) >= 11 is 0.694. The number of carbonyl (C=O) groups excluding carboxylic acids is 4. The van der Waals surface area contributed by atoms with E-state index < -0.39 is 38.3 Å². The van der Waals surface area contributed by atoms with Gasteiger partial charge in [0.1, 0.15) is 5.54 Å². The monoisotopic (exact) mass is 480 g/mol. The summed E-state index contributed by atoms with van der Waals surface area (Å²) in [6, 6.07) is 11.2. The lowest BCUT2D eigenvalue weighted by Crippen LogP contribution is -2.53. The van der Waals surface area contributed by atoms with Crippen LogP contribution < -0.4 is 15.2 Å². The van der Waals surface area contributed by atoms with Gasteiger partial charge in [-0.3, -0.25) is 29.0 Å². The van der Waals surface area contributed by atoms with Crippen molar-refractivity contribution >= 4 is 44.7 Å². The van der Waals surface area contributed by atoms with Gasteiger partial charge in [-0.2, -0.15) is 13.0 Å². The van der Waals surface area contributed by atoms with Gasteiger partial charge in [0.15, 0.2) is 18.1 Å². The van der Waals surface area contributed by atoms with E-state index in [2.05, 4.69) is 5.32 Å². The summed E-state index contributed by atoms with van der Waals surface area (Å²) in [4.78, 5) is 49.4. The normalized spacial score (nSPS) is 11.5. The first-order valence-corrected chi connectivity index (χ1v) is 11.7. The molecule has 0 aliphatic heterocycles. The quantitative estimate of drug-likeness (QED) is 0.278. The Balaban J connectivity index is 2.08. The first-order valence-electron chi connectivity index (χ1n) is 9.23. The number of thioether (sulfide) groups is 1. The molecule has 12 heteroatoms. The number of benzene rings is 1. The number of nitrogens with zero attached hydrogens (tertiary/aromatic N) is 1. The maximum absolute atomic E-state index is 12.8. The van der Waals surface area contributed by atoms with Gasteiger partial charge < -0.3 is 5.32 Å². The number of aromatic nitrogens is 1. The van der Waals surface area contributed by atoms with Crippen LogP contribution in [0.2, 0.25) is 0 Å². The van der Waals surface area contributed by atoms with E-state index in [4.69, 9.17) is 4.55 Å². The molecule has 0 spiro atoms. The van der Waals surface area contributed by atoms with Crippen molar-refractivity contribution in [2.45, 2.75) is 30.8 Å². The van der Waals surface area contributed by atoms with Gasteiger partial charge in [0.05, 0.1) is 5.56 Å². The zero-order chi connectivity index (χ0) is 23.9. The Morgan fingerprint density at radius 3 is 2.25 bits per heavy atom. The zero-order valence-electron chi connectivity index (χ0n) is 17.3. The Hall–Kier alpha value is -3.09. The summed E-state index contributed by atoms with van der Waals surface area (Å²) in [5.74, 6) is -3.81. The van der Waals surface area contributed by atoms with E-state index in [0.717, 1.165) is 0 Å². The largest absolute Gasteiger partial charge is 0.338 e. The Labute approximate surface area is 189 Å². The molecule has 0 bridgehead atoms. The molecule has 0 saturated carbocycles. The molecular weight excluding hydrogens is 458 g/mol. The van der Waals surface area contributed by atoms with Crippen LogP contribution in [-0.2, 0) is 31.0 Å². The average molecular weight is 481 g/mol. The third-order valence-electron chi connectivity index (χ3n) is 3.97. The Kier molecular flexibility index (Phi) is 8.25. The molecule has 1 aromatic carbocycles.